The van der Waals surface area contributed by atoms with E-state index in [2.05, 4.69) is 5.32 Å². The van der Waals surface area contributed by atoms with Crippen LogP contribution in [0.15, 0.2) is 48.5 Å². The number of nitrogens with zero attached hydrogens (tertiary/aromatic N) is 1. The molecule has 0 spiro atoms. The normalized spacial score (nSPS) is 11.7. The van der Waals surface area contributed by atoms with E-state index < -0.39 is 6.04 Å². The van der Waals surface area contributed by atoms with Crippen molar-refractivity contribution >= 4 is 35.0 Å². The molecule has 2 aromatic rings. The fourth-order valence-electron chi connectivity index (χ4n) is 2.96. The molecule has 1 atom stereocenters. The maximum atomic E-state index is 12.9. The van der Waals surface area contributed by atoms with E-state index in [1.165, 1.54) is 0 Å². The third-order valence-corrected chi connectivity index (χ3v) is 5.07. The fraction of sp³-hybridized carbons (Fsp3) is 0.364. The molecule has 2 amide bonds. The molecule has 0 bridgehead atoms. The molecule has 0 aromatic heterocycles. The summed E-state index contributed by atoms with van der Waals surface area (Å²) in [5, 5.41) is 3.95. The molecule has 0 aliphatic carbocycles. The monoisotopic (exact) mass is 420 g/mol. The first kappa shape index (κ1) is 22.3. The Morgan fingerprint density at radius 1 is 1.07 bits per heavy atom. The van der Waals surface area contributed by atoms with Gasteiger partial charge in [-0.2, -0.15) is 0 Å². The summed E-state index contributed by atoms with van der Waals surface area (Å²) in [7, 11) is 0. The highest BCUT2D eigenvalue weighted by atomic mass is 35.5. The molecule has 2 rings (SSSR count). The number of rotatable bonds is 9. The Kier molecular flexibility index (Phi) is 8.81. The highest BCUT2D eigenvalue weighted by Gasteiger charge is 2.29. The van der Waals surface area contributed by atoms with Crippen molar-refractivity contribution in [2.24, 2.45) is 0 Å². The first-order valence-corrected chi connectivity index (χ1v) is 10.3. The zero-order chi connectivity index (χ0) is 20.5. The van der Waals surface area contributed by atoms with Gasteiger partial charge in [0.25, 0.3) is 0 Å². The van der Waals surface area contributed by atoms with Crippen LogP contribution in [-0.4, -0.2) is 29.3 Å². The molecular formula is C22H26Cl2N2O2. The maximum absolute atomic E-state index is 12.9. The Bertz CT molecular complexity index is 796. The van der Waals surface area contributed by atoms with Crippen LogP contribution in [-0.2, 0) is 22.6 Å². The van der Waals surface area contributed by atoms with Gasteiger partial charge in [-0.1, -0.05) is 73.4 Å². The van der Waals surface area contributed by atoms with Crippen LogP contribution in [0.5, 0.6) is 0 Å². The molecule has 6 heteroatoms. The molecule has 0 saturated heterocycles. The summed E-state index contributed by atoms with van der Waals surface area (Å²) in [6.45, 7) is 4.61. The number of nitrogens with one attached hydrogen (secondary N) is 1. The highest BCUT2D eigenvalue weighted by Crippen LogP contribution is 2.24. The van der Waals surface area contributed by atoms with Crippen molar-refractivity contribution in [1.29, 1.82) is 0 Å². The lowest BCUT2D eigenvalue weighted by Crippen LogP contribution is -2.50. The number of amides is 2. The molecule has 0 radical (unpaired) electrons. The van der Waals surface area contributed by atoms with Gasteiger partial charge in [0.1, 0.15) is 6.04 Å². The minimum absolute atomic E-state index is 0.0985. The van der Waals surface area contributed by atoms with E-state index in [1.54, 1.807) is 30.0 Å². The molecule has 0 aliphatic rings. The van der Waals surface area contributed by atoms with Crippen LogP contribution in [0.1, 0.15) is 37.8 Å². The van der Waals surface area contributed by atoms with Crippen molar-refractivity contribution in [2.45, 2.75) is 45.7 Å². The Balaban J connectivity index is 2.36. The third kappa shape index (κ3) is 6.25. The van der Waals surface area contributed by atoms with Gasteiger partial charge in [0.2, 0.25) is 11.8 Å². The van der Waals surface area contributed by atoms with E-state index in [9.17, 15) is 9.59 Å². The molecule has 0 fully saturated rings. The molecule has 28 heavy (non-hydrogen) atoms. The van der Waals surface area contributed by atoms with Crippen molar-refractivity contribution in [3.8, 4) is 0 Å². The van der Waals surface area contributed by atoms with Gasteiger partial charge in [-0.05, 0) is 29.7 Å². The predicted molar refractivity (Wildman–Crippen MR) is 115 cm³/mol. The first-order chi connectivity index (χ1) is 13.5. The number of hydrogen-bond acceptors (Lipinski definition) is 2. The van der Waals surface area contributed by atoms with Gasteiger partial charge in [-0.15, -0.1) is 0 Å². The molecule has 0 saturated carbocycles. The van der Waals surface area contributed by atoms with Crippen LogP contribution >= 0.6 is 23.2 Å². The second-order valence-corrected chi connectivity index (χ2v) is 7.45. The standard InChI is InChI=1S/C22H26Cl2N2O2/c1-3-12-25-22(28)20(13-16-8-6-5-7-9-16)26(21(27)4-2)15-17-10-11-18(23)14-19(17)24/h5-11,14,20H,3-4,12-13,15H2,1-2H3,(H,25,28). The molecule has 150 valence electrons. The molecule has 1 unspecified atom stereocenters. The minimum Gasteiger partial charge on any atom is -0.354 e. The number of carbonyl (C=O) groups excluding carboxylic acids is 2. The van der Waals surface area contributed by atoms with E-state index in [0.29, 0.717) is 29.4 Å². The zero-order valence-corrected chi connectivity index (χ0v) is 17.8. The Morgan fingerprint density at radius 2 is 1.79 bits per heavy atom. The molecule has 0 aliphatic heterocycles. The maximum Gasteiger partial charge on any atom is 0.243 e. The largest absolute Gasteiger partial charge is 0.354 e. The number of hydrogen-bond donors (Lipinski definition) is 1. The second kappa shape index (κ2) is 11.1. The van der Waals surface area contributed by atoms with E-state index in [1.807, 2.05) is 37.3 Å². The van der Waals surface area contributed by atoms with Gasteiger partial charge in [0.15, 0.2) is 0 Å². The Morgan fingerprint density at radius 3 is 2.39 bits per heavy atom. The predicted octanol–water partition coefficient (Wildman–Crippen LogP) is 4.87. The Labute approximate surface area is 176 Å². The van der Waals surface area contributed by atoms with Crippen molar-refractivity contribution in [2.75, 3.05) is 6.54 Å². The summed E-state index contributed by atoms with van der Waals surface area (Å²) in [5.74, 6) is -0.254. The van der Waals surface area contributed by atoms with E-state index in [4.69, 9.17) is 23.2 Å². The molecule has 0 heterocycles. The van der Waals surface area contributed by atoms with Gasteiger partial charge in [0.05, 0.1) is 0 Å². The minimum atomic E-state index is -0.617. The van der Waals surface area contributed by atoms with Gasteiger partial charge >= 0.3 is 0 Å². The van der Waals surface area contributed by atoms with Crippen LogP contribution in [0.25, 0.3) is 0 Å². The summed E-state index contributed by atoms with van der Waals surface area (Å²) in [6, 6.07) is 14.3. The first-order valence-electron chi connectivity index (χ1n) is 9.51. The molecular weight excluding hydrogens is 395 g/mol. The lowest BCUT2D eigenvalue weighted by atomic mass is 10.0. The Hall–Kier alpha value is -2.04. The number of carbonyl (C=O) groups is 2. The van der Waals surface area contributed by atoms with Gasteiger partial charge < -0.3 is 10.2 Å². The quantitative estimate of drug-likeness (QED) is 0.628. The lowest BCUT2D eigenvalue weighted by Gasteiger charge is -2.31. The fourth-order valence-corrected chi connectivity index (χ4v) is 3.42. The molecule has 1 N–H and O–H groups in total. The van der Waals surface area contributed by atoms with Gasteiger partial charge in [-0.3, -0.25) is 9.59 Å². The van der Waals surface area contributed by atoms with Crippen molar-refractivity contribution < 1.29 is 9.59 Å². The summed E-state index contributed by atoms with van der Waals surface area (Å²) in [4.78, 5) is 27.3. The summed E-state index contributed by atoms with van der Waals surface area (Å²) >= 11 is 12.3. The van der Waals surface area contributed by atoms with Crippen LogP contribution in [0.3, 0.4) is 0 Å². The van der Waals surface area contributed by atoms with Crippen molar-refractivity contribution in [1.82, 2.24) is 10.2 Å². The zero-order valence-electron chi connectivity index (χ0n) is 16.3. The smallest absolute Gasteiger partial charge is 0.243 e. The van der Waals surface area contributed by atoms with E-state index in [-0.39, 0.29) is 18.4 Å². The molecule has 2 aromatic carbocycles. The second-order valence-electron chi connectivity index (χ2n) is 6.61. The highest BCUT2D eigenvalue weighted by molar-refractivity contribution is 6.35. The topological polar surface area (TPSA) is 49.4 Å². The van der Waals surface area contributed by atoms with Gasteiger partial charge in [0, 0.05) is 36.0 Å². The molecule has 4 nitrogen and oxygen atoms in total. The lowest BCUT2D eigenvalue weighted by molar-refractivity contribution is -0.141. The van der Waals surface area contributed by atoms with Gasteiger partial charge in [-0.25, -0.2) is 0 Å². The summed E-state index contributed by atoms with van der Waals surface area (Å²) in [6.07, 6.45) is 1.57. The van der Waals surface area contributed by atoms with Crippen LogP contribution in [0, 0.1) is 0 Å². The third-order valence-electron chi connectivity index (χ3n) is 4.48. The van der Waals surface area contributed by atoms with Crippen molar-refractivity contribution in [3.05, 3.63) is 69.7 Å². The van der Waals surface area contributed by atoms with Crippen LogP contribution < -0.4 is 5.32 Å². The van der Waals surface area contributed by atoms with E-state index in [0.717, 1.165) is 17.5 Å². The number of benzene rings is 2. The summed E-state index contributed by atoms with van der Waals surface area (Å²) in [5.41, 5.74) is 1.75. The number of halogens is 2. The SMILES string of the molecule is CCCNC(=O)C(Cc1ccccc1)N(Cc1ccc(Cl)cc1Cl)C(=O)CC. The van der Waals surface area contributed by atoms with Crippen molar-refractivity contribution in [3.63, 3.8) is 0 Å². The van der Waals surface area contributed by atoms with Crippen LogP contribution in [0.2, 0.25) is 10.0 Å². The average molecular weight is 421 g/mol. The average Bonchev–Trinajstić information content (AvgIpc) is 2.70. The van der Waals surface area contributed by atoms with E-state index >= 15 is 0 Å². The summed E-state index contributed by atoms with van der Waals surface area (Å²) < 4.78 is 0. The van der Waals surface area contributed by atoms with Crippen LogP contribution in [0.4, 0.5) is 0 Å².